The average Bonchev–Trinajstić information content (AvgIpc) is 0.918. The lowest BCUT2D eigenvalue weighted by atomic mass is 11.2. The minimum absolute atomic E-state index is 0. The van der Waals surface area contributed by atoms with Crippen molar-refractivity contribution in [3.63, 3.8) is 0 Å². The summed E-state index contributed by atoms with van der Waals surface area (Å²) < 4.78 is 0. The standard InChI is InChI=1S/C2H2O.H2O/c1-2-3;/h1H2;1H2. The third-order valence-corrected chi connectivity index (χ3v) is 0. The fourth-order valence-electron chi connectivity index (χ4n) is 0. The molecule has 2 nitrogen and oxygen atoms in total. The molecule has 0 amide bonds. The molecular weight excluding hydrogens is 56.0 g/mol. The summed E-state index contributed by atoms with van der Waals surface area (Å²) >= 11 is 0. The van der Waals surface area contributed by atoms with Crippen molar-refractivity contribution in [3.05, 3.63) is 6.58 Å². The zero-order chi connectivity index (χ0) is 2.71. The first-order valence-corrected chi connectivity index (χ1v) is 0.558. The second kappa shape index (κ2) is 28.5. The van der Waals surface area contributed by atoms with E-state index in [0.29, 0.717) is 0 Å². The van der Waals surface area contributed by atoms with E-state index in [-0.39, 0.29) is 5.48 Å². The number of carbonyl (C=O) groups excluding carboxylic acids is 1. The maximum Gasteiger partial charge on any atom is 0.116 e. The van der Waals surface area contributed by atoms with Crippen molar-refractivity contribution in [1.82, 2.24) is 0 Å². The second-order valence-corrected chi connectivity index (χ2v) is 0.144. The molecule has 0 fully saturated rings. The van der Waals surface area contributed by atoms with E-state index in [9.17, 15) is 0 Å². The van der Waals surface area contributed by atoms with Gasteiger partial charge in [-0.3, -0.25) is 0 Å². The minimum atomic E-state index is 0. The van der Waals surface area contributed by atoms with Crippen LogP contribution in [0, 0.1) is 0 Å². The molecule has 0 saturated carbocycles. The molecule has 0 aliphatic carbocycles. The molecule has 0 atom stereocenters. The Kier molecular flexibility index (Phi) is 71.0. The highest BCUT2D eigenvalue weighted by atomic mass is 16.1. The predicted molar refractivity (Wildman–Crippen MR) is 14.9 cm³/mol. The van der Waals surface area contributed by atoms with Gasteiger partial charge < -0.3 is 5.48 Å². The Morgan fingerprint density at radius 2 is 1.75 bits per heavy atom. The summed E-state index contributed by atoms with van der Waals surface area (Å²) in [5, 5.41) is 0. The molecule has 0 radical (unpaired) electrons. The van der Waals surface area contributed by atoms with Gasteiger partial charge in [0.25, 0.3) is 0 Å². The summed E-state index contributed by atoms with van der Waals surface area (Å²) in [5.74, 6) is 1.25. The van der Waals surface area contributed by atoms with Crippen LogP contribution < -0.4 is 0 Å². The molecule has 4 heavy (non-hydrogen) atoms. The summed E-state index contributed by atoms with van der Waals surface area (Å²) in [6, 6.07) is 0. The van der Waals surface area contributed by atoms with Crippen LogP contribution >= 0.6 is 0 Å². The molecule has 0 aromatic heterocycles. The molecule has 0 bridgehead atoms. The van der Waals surface area contributed by atoms with Crippen LogP contribution in [0.25, 0.3) is 0 Å². The van der Waals surface area contributed by atoms with Gasteiger partial charge in [0.05, 0.1) is 0 Å². The Balaban J connectivity index is 0. The van der Waals surface area contributed by atoms with E-state index in [1.54, 1.807) is 0 Å². The highest BCUT2D eigenvalue weighted by molar-refractivity contribution is 5.38. The molecule has 0 saturated heterocycles. The minimum Gasteiger partial charge on any atom is -0.412 e. The smallest absolute Gasteiger partial charge is 0.116 e. The van der Waals surface area contributed by atoms with Gasteiger partial charge in [-0.05, 0) is 6.58 Å². The molecule has 0 aromatic rings. The fraction of sp³-hybridized carbons (Fsp3) is 0. The molecular formula is C2H4O2. The van der Waals surface area contributed by atoms with E-state index < -0.39 is 0 Å². The molecule has 2 N–H and O–H groups in total. The van der Waals surface area contributed by atoms with Gasteiger partial charge in [0.15, 0.2) is 0 Å². The zero-order valence-electron chi connectivity index (χ0n) is 2.12. The third-order valence-electron chi connectivity index (χ3n) is 0. The van der Waals surface area contributed by atoms with Crippen LogP contribution in [-0.2, 0) is 4.79 Å². The molecule has 2 heteroatoms. The lowest BCUT2D eigenvalue weighted by Gasteiger charge is -1.02. The first-order chi connectivity index (χ1) is 1.41. The molecule has 0 unspecified atom stereocenters. The van der Waals surface area contributed by atoms with Gasteiger partial charge in [-0.25, -0.2) is 4.79 Å². The summed E-state index contributed by atoms with van der Waals surface area (Å²) in [7, 11) is 0. The summed E-state index contributed by atoms with van der Waals surface area (Å²) in [6.07, 6.45) is 0. The van der Waals surface area contributed by atoms with Gasteiger partial charge in [0.2, 0.25) is 0 Å². The SMILES string of the molecule is C=C=O.O. The maximum atomic E-state index is 8.57. The average molecular weight is 60.1 g/mol. The van der Waals surface area contributed by atoms with Gasteiger partial charge in [-0.15, -0.1) is 0 Å². The normalized spacial score (nSPS) is 2.00. The Hall–Kier alpha value is -0.590. The zero-order valence-corrected chi connectivity index (χ0v) is 2.12. The maximum absolute atomic E-state index is 8.57. The lowest BCUT2D eigenvalue weighted by Crippen LogP contribution is -1.15. The third kappa shape index (κ3) is 0.681. The van der Waals surface area contributed by atoms with Gasteiger partial charge in [-0.1, -0.05) is 0 Å². The number of hydrogen-bond donors (Lipinski definition) is 0. The van der Waals surface area contributed by atoms with E-state index in [0.717, 1.165) is 0 Å². The Morgan fingerprint density at radius 3 is 1.75 bits per heavy atom. The molecule has 0 aliphatic rings. The van der Waals surface area contributed by atoms with Gasteiger partial charge in [-0.2, -0.15) is 0 Å². The van der Waals surface area contributed by atoms with Crippen molar-refractivity contribution in [3.8, 4) is 0 Å². The summed E-state index contributed by atoms with van der Waals surface area (Å²) in [6.45, 7) is 2.68. The predicted octanol–water partition coefficient (Wildman–Crippen LogP) is -0.821. The molecule has 0 rings (SSSR count). The van der Waals surface area contributed by atoms with Crippen LogP contribution in [0.4, 0.5) is 0 Å². The van der Waals surface area contributed by atoms with E-state index >= 15 is 0 Å². The van der Waals surface area contributed by atoms with Gasteiger partial charge >= 0.3 is 0 Å². The van der Waals surface area contributed by atoms with Crippen molar-refractivity contribution >= 4 is 5.94 Å². The van der Waals surface area contributed by atoms with E-state index in [1.165, 1.54) is 5.94 Å². The van der Waals surface area contributed by atoms with Gasteiger partial charge in [0, 0.05) is 0 Å². The molecule has 0 aromatic carbocycles. The fourth-order valence-corrected chi connectivity index (χ4v) is 0. The van der Waals surface area contributed by atoms with E-state index in [2.05, 4.69) is 6.58 Å². The highest BCUT2D eigenvalue weighted by Crippen LogP contribution is 0.894. The van der Waals surface area contributed by atoms with Crippen LogP contribution in [0.1, 0.15) is 0 Å². The molecule has 24 valence electrons. The largest absolute Gasteiger partial charge is 0.412 e. The molecule has 0 spiro atoms. The van der Waals surface area contributed by atoms with Gasteiger partial charge in [0.1, 0.15) is 5.94 Å². The van der Waals surface area contributed by atoms with E-state index in [1.807, 2.05) is 0 Å². The van der Waals surface area contributed by atoms with Crippen molar-refractivity contribution in [2.75, 3.05) is 0 Å². The Morgan fingerprint density at radius 1 is 1.75 bits per heavy atom. The first-order valence-electron chi connectivity index (χ1n) is 0.558. The topological polar surface area (TPSA) is 48.6 Å². The van der Waals surface area contributed by atoms with Crippen LogP contribution in [0.15, 0.2) is 6.58 Å². The Labute approximate surface area is 24.1 Å². The van der Waals surface area contributed by atoms with Crippen LogP contribution in [0.5, 0.6) is 0 Å². The number of rotatable bonds is 0. The molecule has 0 heterocycles. The summed E-state index contributed by atoms with van der Waals surface area (Å²) in [5.41, 5.74) is 0. The lowest BCUT2D eigenvalue weighted by molar-refractivity contribution is 0.569. The number of hydrogen-bond acceptors (Lipinski definition) is 1. The van der Waals surface area contributed by atoms with Crippen molar-refractivity contribution < 1.29 is 10.3 Å². The van der Waals surface area contributed by atoms with Crippen molar-refractivity contribution in [2.45, 2.75) is 0 Å². The van der Waals surface area contributed by atoms with E-state index in [4.69, 9.17) is 4.79 Å². The van der Waals surface area contributed by atoms with Crippen LogP contribution in [0.2, 0.25) is 0 Å². The quantitative estimate of drug-likeness (QED) is 0.337. The Bertz CT molecular complexity index is 25.0. The van der Waals surface area contributed by atoms with Crippen molar-refractivity contribution in [2.24, 2.45) is 0 Å². The first kappa shape index (κ1) is 9.96. The van der Waals surface area contributed by atoms with Crippen LogP contribution in [-0.4, -0.2) is 11.4 Å². The summed E-state index contributed by atoms with van der Waals surface area (Å²) in [4.78, 5) is 8.57. The second-order valence-electron chi connectivity index (χ2n) is 0.144. The highest BCUT2D eigenvalue weighted by Gasteiger charge is 1.01. The molecule has 0 aliphatic heterocycles. The van der Waals surface area contributed by atoms with Crippen molar-refractivity contribution in [1.29, 1.82) is 0 Å². The monoisotopic (exact) mass is 60.0 g/mol. The van der Waals surface area contributed by atoms with Crippen LogP contribution in [0.3, 0.4) is 0 Å².